The molecule has 0 amide bonds. The second-order valence-corrected chi connectivity index (χ2v) is 4.12. The van der Waals surface area contributed by atoms with Crippen LogP contribution in [0.2, 0.25) is 0 Å². The van der Waals surface area contributed by atoms with Crippen LogP contribution in [0.3, 0.4) is 0 Å². The summed E-state index contributed by atoms with van der Waals surface area (Å²) in [7, 11) is 0. The average Bonchev–Trinajstić information content (AvgIpc) is 2.61. The van der Waals surface area contributed by atoms with Gasteiger partial charge in [0, 0.05) is 29.8 Å². The normalized spacial score (nSPS) is 29.6. The Hall–Kier alpha value is 0.240. The molecule has 0 aliphatic heterocycles. The SMILES string of the molecule is OCC1CCCC1NCC(Cl)=CCl. The van der Waals surface area contributed by atoms with Gasteiger partial charge >= 0.3 is 0 Å². The van der Waals surface area contributed by atoms with Crippen molar-refractivity contribution in [3.63, 3.8) is 0 Å². The van der Waals surface area contributed by atoms with Crippen LogP contribution in [0.25, 0.3) is 0 Å². The lowest BCUT2D eigenvalue weighted by molar-refractivity contribution is 0.207. The first-order valence-electron chi connectivity index (χ1n) is 4.57. The highest BCUT2D eigenvalue weighted by Gasteiger charge is 2.25. The summed E-state index contributed by atoms with van der Waals surface area (Å²) in [6, 6.07) is 0.398. The van der Waals surface area contributed by atoms with Gasteiger partial charge in [-0.25, -0.2) is 0 Å². The van der Waals surface area contributed by atoms with Crippen LogP contribution in [0.15, 0.2) is 10.6 Å². The highest BCUT2D eigenvalue weighted by molar-refractivity contribution is 6.36. The van der Waals surface area contributed by atoms with Crippen molar-refractivity contribution in [2.45, 2.75) is 25.3 Å². The zero-order valence-corrected chi connectivity index (χ0v) is 8.98. The monoisotopic (exact) mass is 223 g/mol. The Kier molecular flexibility index (Phi) is 5.10. The number of halogens is 2. The number of nitrogens with one attached hydrogen (secondary N) is 1. The van der Waals surface area contributed by atoms with Crippen LogP contribution >= 0.6 is 23.2 Å². The summed E-state index contributed by atoms with van der Waals surface area (Å²) in [5.74, 6) is 0.389. The minimum atomic E-state index is 0.264. The van der Waals surface area contributed by atoms with Crippen molar-refractivity contribution in [3.05, 3.63) is 10.6 Å². The predicted octanol–water partition coefficient (Wildman–Crippen LogP) is 2.06. The molecule has 2 N–H and O–H groups in total. The first-order valence-corrected chi connectivity index (χ1v) is 5.38. The summed E-state index contributed by atoms with van der Waals surface area (Å²) in [4.78, 5) is 0. The van der Waals surface area contributed by atoms with E-state index < -0.39 is 0 Å². The molecular formula is C9H15Cl2NO. The minimum absolute atomic E-state index is 0.264. The molecular weight excluding hydrogens is 209 g/mol. The Morgan fingerprint density at radius 2 is 2.31 bits per heavy atom. The Morgan fingerprint density at radius 1 is 1.54 bits per heavy atom. The summed E-state index contributed by atoms with van der Waals surface area (Å²) < 4.78 is 0. The highest BCUT2D eigenvalue weighted by atomic mass is 35.5. The lowest BCUT2D eigenvalue weighted by Gasteiger charge is -2.18. The molecule has 0 radical (unpaired) electrons. The van der Waals surface area contributed by atoms with Crippen molar-refractivity contribution in [3.8, 4) is 0 Å². The lowest BCUT2D eigenvalue weighted by atomic mass is 10.1. The van der Waals surface area contributed by atoms with Crippen LogP contribution in [0.1, 0.15) is 19.3 Å². The molecule has 1 rings (SSSR count). The van der Waals surface area contributed by atoms with Crippen LogP contribution in [-0.4, -0.2) is 24.3 Å². The number of hydrogen-bond acceptors (Lipinski definition) is 2. The van der Waals surface area contributed by atoms with Crippen molar-refractivity contribution >= 4 is 23.2 Å². The van der Waals surface area contributed by atoms with Crippen molar-refractivity contribution in [1.29, 1.82) is 0 Å². The van der Waals surface area contributed by atoms with Crippen LogP contribution in [0.5, 0.6) is 0 Å². The molecule has 2 atom stereocenters. The summed E-state index contributed by atoms with van der Waals surface area (Å²) >= 11 is 11.2. The van der Waals surface area contributed by atoms with Gasteiger partial charge in [0.1, 0.15) is 0 Å². The molecule has 2 unspecified atom stereocenters. The van der Waals surface area contributed by atoms with Gasteiger partial charge in [-0.05, 0) is 18.8 Å². The van der Waals surface area contributed by atoms with E-state index in [1.54, 1.807) is 0 Å². The van der Waals surface area contributed by atoms with E-state index in [2.05, 4.69) is 5.32 Å². The molecule has 0 aromatic carbocycles. The van der Waals surface area contributed by atoms with Gasteiger partial charge in [0.15, 0.2) is 0 Å². The van der Waals surface area contributed by atoms with Crippen LogP contribution in [0.4, 0.5) is 0 Å². The van der Waals surface area contributed by atoms with Gasteiger partial charge in [-0.2, -0.15) is 0 Å². The standard InChI is InChI=1S/C9H15Cl2NO/c10-4-8(11)5-12-9-3-1-2-7(9)6-13/h4,7,9,12-13H,1-3,5-6H2. The largest absolute Gasteiger partial charge is 0.396 e. The van der Waals surface area contributed by atoms with Gasteiger partial charge < -0.3 is 10.4 Å². The van der Waals surface area contributed by atoms with Gasteiger partial charge in [-0.1, -0.05) is 29.6 Å². The van der Waals surface area contributed by atoms with E-state index in [0.29, 0.717) is 23.5 Å². The van der Waals surface area contributed by atoms with Crippen molar-refractivity contribution in [2.75, 3.05) is 13.2 Å². The van der Waals surface area contributed by atoms with E-state index in [1.165, 1.54) is 12.0 Å². The quantitative estimate of drug-likeness (QED) is 0.766. The molecule has 76 valence electrons. The van der Waals surface area contributed by atoms with Crippen molar-refractivity contribution in [2.24, 2.45) is 5.92 Å². The highest BCUT2D eigenvalue weighted by Crippen LogP contribution is 2.25. The third-order valence-electron chi connectivity index (χ3n) is 2.55. The summed E-state index contributed by atoms with van der Waals surface area (Å²) in [5, 5.41) is 12.9. The molecule has 1 aliphatic rings. The van der Waals surface area contributed by atoms with E-state index in [1.807, 2.05) is 0 Å². The molecule has 0 aromatic heterocycles. The molecule has 1 aliphatic carbocycles. The fourth-order valence-electron chi connectivity index (χ4n) is 1.79. The number of aliphatic hydroxyl groups is 1. The van der Waals surface area contributed by atoms with Gasteiger partial charge in [0.25, 0.3) is 0 Å². The van der Waals surface area contributed by atoms with Crippen LogP contribution in [0, 0.1) is 5.92 Å². The Balaban J connectivity index is 2.27. The molecule has 1 saturated carbocycles. The molecule has 4 heteroatoms. The second kappa shape index (κ2) is 5.86. The first kappa shape index (κ1) is 11.3. The zero-order valence-electron chi connectivity index (χ0n) is 7.47. The summed E-state index contributed by atoms with van der Waals surface area (Å²) in [5.41, 5.74) is 1.37. The third-order valence-corrected chi connectivity index (χ3v) is 3.16. The smallest absolute Gasteiger partial charge is 0.0474 e. The summed E-state index contributed by atoms with van der Waals surface area (Å²) in [6.45, 7) is 0.867. The van der Waals surface area contributed by atoms with Gasteiger partial charge in [-0.15, -0.1) is 0 Å². The second-order valence-electron chi connectivity index (χ2n) is 3.42. The van der Waals surface area contributed by atoms with Crippen molar-refractivity contribution < 1.29 is 5.11 Å². The Labute approximate surface area is 88.9 Å². The van der Waals surface area contributed by atoms with E-state index in [4.69, 9.17) is 28.3 Å². The van der Waals surface area contributed by atoms with E-state index in [0.717, 1.165) is 12.8 Å². The first-order chi connectivity index (χ1) is 6.27. The molecule has 0 aromatic rings. The predicted molar refractivity (Wildman–Crippen MR) is 56.0 cm³/mol. The number of aliphatic hydroxyl groups excluding tert-OH is 1. The topological polar surface area (TPSA) is 32.3 Å². The fraction of sp³-hybridized carbons (Fsp3) is 0.778. The van der Waals surface area contributed by atoms with Crippen molar-refractivity contribution in [1.82, 2.24) is 5.32 Å². The molecule has 13 heavy (non-hydrogen) atoms. The molecule has 1 fully saturated rings. The van der Waals surface area contributed by atoms with Crippen LogP contribution < -0.4 is 5.32 Å². The van der Waals surface area contributed by atoms with Gasteiger partial charge in [0.2, 0.25) is 0 Å². The molecule has 0 spiro atoms. The summed E-state index contributed by atoms with van der Waals surface area (Å²) in [6.07, 6.45) is 3.42. The van der Waals surface area contributed by atoms with E-state index >= 15 is 0 Å². The van der Waals surface area contributed by atoms with Crippen LogP contribution in [-0.2, 0) is 0 Å². The maximum atomic E-state index is 9.05. The maximum absolute atomic E-state index is 9.05. The lowest BCUT2D eigenvalue weighted by Crippen LogP contribution is -2.34. The zero-order chi connectivity index (χ0) is 9.68. The maximum Gasteiger partial charge on any atom is 0.0474 e. The van der Waals surface area contributed by atoms with E-state index in [-0.39, 0.29) is 6.61 Å². The minimum Gasteiger partial charge on any atom is -0.396 e. The fourth-order valence-corrected chi connectivity index (χ4v) is 1.95. The molecule has 0 heterocycles. The van der Waals surface area contributed by atoms with Gasteiger partial charge in [-0.3, -0.25) is 0 Å². The molecule has 0 bridgehead atoms. The number of rotatable bonds is 4. The average molecular weight is 224 g/mol. The van der Waals surface area contributed by atoms with Gasteiger partial charge in [0.05, 0.1) is 0 Å². The third kappa shape index (κ3) is 3.47. The van der Waals surface area contributed by atoms with E-state index in [9.17, 15) is 0 Å². The Bertz CT molecular complexity index is 184. The number of hydrogen-bond donors (Lipinski definition) is 2. The molecule has 0 saturated heterocycles. The molecule has 2 nitrogen and oxygen atoms in total. The Morgan fingerprint density at radius 3 is 2.92 bits per heavy atom.